The first-order chi connectivity index (χ1) is 11.3. The molecule has 1 aromatic heterocycles. The monoisotopic (exact) mass is 347 g/mol. The van der Waals surface area contributed by atoms with Crippen LogP contribution in [0.5, 0.6) is 0 Å². The van der Waals surface area contributed by atoms with Crippen molar-refractivity contribution in [2.75, 3.05) is 11.6 Å². The quantitative estimate of drug-likeness (QED) is 0.642. The first-order valence-corrected chi connectivity index (χ1v) is 8.42. The van der Waals surface area contributed by atoms with E-state index in [1.165, 1.54) is 18.2 Å². The molecule has 0 aliphatic carbocycles. The summed E-state index contributed by atoms with van der Waals surface area (Å²) in [5.41, 5.74) is 1.89. The van der Waals surface area contributed by atoms with E-state index in [1.54, 1.807) is 29.4 Å². The van der Waals surface area contributed by atoms with Gasteiger partial charge in [-0.25, -0.2) is 0 Å². The van der Waals surface area contributed by atoms with Crippen molar-refractivity contribution in [3.63, 3.8) is 0 Å². The Hall–Kier alpha value is -2.71. The van der Waals surface area contributed by atoms with Crippen LogP contribution in [0.2, 0.25) is 0 Å². The Balaban J connectivity index is 0.000000177. The summed E-state index contributed by atoms with van der Waals surface area (Å²) >= 11 is 0. The van der Waals surface area contributed by atoms with Crippen molar-refractivity contribution in [2.24, 2.45) is 4.99 Å². The van der Waals surface area contributed by atoms with Crippen LogP contribution >= 0.6 is 0 Å². The molecule has 1 amide bonds. The van der Waals surface area contributed by atoms with E-state index in [4.69, 9.17) is 4.55 Å². The van der Waals surface area contributed by atoms with Gasteiger partial charge >= 0.3 is 0 Å². The van der Waals surface area contributed by atoms with E-state index in [0.29, 0.717) is 6.67 Å². The maximum absolute atomic E-state index is 11.3. The summed E-state index contributed by atoms with van der Waals surface area (Å²) in [6.45, 7) is 5.64. The molecule has 24 heavy (non-hydrogen) atoms. The second kappa shape index (κ2) is 7.24. The minimum Gasteiger partial charge on any atom is -0.347 e. The predicted octanol–water partition coefficient (Wildman–Crippen LogP) is 2.17. The van der Waals surface area contributed by atoms with E-state index >= 15 is 0 Å². The number of carbonyl (C=O) groups is 1. The Morgan fingerprint density at radius 1 is 1.33 bits per heavy atom. The molecule has 0 spiro atoms. The highest BCUT2D eigenvalue weighted by Gasteiger charge is 2.18. The number of aryl methyl sites for hydroxylation is 1. The topological polar surface area (TPSA) is 103 Å². The van der Waals surface area contributed by atoms with Crippen LogP contribution in [-0.2, 0) is 14.9 Å². The zero-order valence-electron chi connectivity index (χ0n) is 13.0. The van der Waals surface area contributed by atoms with Crippen LogP contribution in [0.3, 0.4) is 0 Å². The number of fused-ring (bicyclic) bond motifs is 1. The Kier molecular flexibility index (Phi) is 5.32. The van der Waals surface area contributed by atoms with E-state index in [1.807, 2.05) is 13.0 Å². The van der Waals surface area contributed by atoms with Gasteiger partial charge in [0.2, 0.25) is 0 Å². The highest BCUT2D eigenvalue weighted by Crippen LogP contribution is 2.19. The second-order valence-electron chi connectivity index (χ2n) is 4.99. The molecule has 2 heterocycles. The van der Waals surface area contributed by atoms with Gasteiger partial charge in [0.1, 0.15) is 12.5 Å². The van der Waals surface area contributed by atoms with Gasteiger partial charge in [-0.05, 0) is 31.2 Å². The molecule has 126 valence electrons. The van der Waals surface area contributed by atoms with Gasteiger partial charge in [0.25, 0.3) is 16.0 Å². The lowest BCUT2D eigenvalue weighted by Gasteiger charge is -2.21. The number of benzene rings is 1. The fraction of sp³-hybridized carbons (Fsp3) is 0.125. The SMILES string of the molecule is C=CC(=O)N1CN=Cc2cc[nH]c21.Cc1ccc(S(=O)(=O)O)cc1. The second-order valence-corrected chi connectivity index (χ2v) is 6.41. The van der Waals surface area contributed by atoms with E-state index in [0.717, 1.165) is 16.9 Å². The molecular weight excluding hydrogens is 330 g/mol. The lowest BCUT2D eigenvalue weighted by molar-refractivity contribution is -0.114. The Bertz CT molecular complexity index is 867. The molecule has 0 bridgehead atoms. The summed E-state index contributed by atoms with van der Waals surface area (Å²) < 4.78 is 29.6. The van der Waals surface area contributed by atoms with E-state index < -0.39 is 10.1 Å². The Labute approximate surface area is 140 Å². The normalized spacial score (nSPS) is 12.8. The minimum absolute atomic E-state index is 0.0666. The fourth-order valence-corrected chi connectivity index (χ4v) is 2.48. The largest absolute Gasteiger partial charge is 0.347 e. The number of aromatic nitrogens is 1. The summed E-state index contributed by atoms with van der Waals surface area (Å²) in [5, 5.41) is 0. The standard InChI is InChI=1S/C9H9N3O.C7H8O3S/c1-2-8(13)12-6-10-5-7-3-4-11-9(7)12;1-6-2-4-7(5-3-6)11(8,9)10/h2-5,11H,1,6H2;2-5H,1H3,(H,8,9,10). The minimum atomic E-state index is -4.02. The molecule has 7 nitrogen and oxygen atoms in total. The van der Waals surface area contributed by atoms with E-state index in [9.17, 15) is 13.2 Å². The van der Waals surface area contributed by atoms with Gasteiger partial charge in [-0.3, -0.25) is 19.2 Å². The van der Waals surface area contributed by atoms with Crippen LogP contribution in [0.4, 0.5) is 5.82 Å². The molecule has 3 rings (SSSR count). The van der Waals surface area contributed by atoms with Gasteiger partial charge in [0.15, 0.2) is 0 Å². The summed E-state index contributed by atoms with van der Waals surface area (Å²) in [6.07, 6.45) is 4.82. The average molecular weight is 347 g/mol. The third-order valence-electron chi connectivity index (χ3n) is 3.24. The number of nitrogens with one attached hydrogen (secondary N) is 1. The first kappa shape index (κ1) is 17.6. The number of H-pyrrole nitrogens is 1. The molecule has 0 atom stereocenters. The molecule has 0 fully saturated rings. The van der Waals surface area contributed by atoms with Gasteiger partial charge in [-0.2, -0.15) is 8.42 Å². The molecule has 8 heteroatoms. The van der Waals surface area contributed by atoms with E-state index in [-0.39, 0.29) is 10.8 Å². The number of nitrogens with zero attached hydrogens (tertiary/aromatic N) is 2. The number of aliphatic imine (C=N–C) groups is 1. The number of hydrogen-bond acceptors (Lipinski definition) is 4. The van der Waals surface area contributed by atoms with Crippen LogP contribution < -0.4 is 4.90 Å². The van der Waals surface area contributed by atoms with Gasteiger partial charge in [-0.15, -0.1) is 0 Å². The van der Waals surface area contributed by atoms with E-state index in [2.05, 4.69) is 16.6 Å². The number of anilines is 1. The number of aromatic amines is 1. The lowest BCUT2D eigenvalue weighted by atomic mass is 10.2. The molecule has 0 radical (unpaired) electrons. The summed E-state index contributed by atoms with van der Waals surface area (Å²) in [4.78, 5) is 19.9. The van der Waals surface area contributed by atoms with Crippen LogP contribution in [0.25, 0.3) is 0 Å². The van der Waals surface area contributed by atoms with Gasteiger partial charge in [-0.1, -0.05) is 24.3 Å². The zero-order valence-corrected chi connectivity index (χ0v) is 13.8. The van der Waals surface area contributed by atoms with Crippen LogP contribution in [-0.4, -0.2) is 36.7 Å². The number of rotatable bonds is 2. The van der Waals surface area contributed by atoms with Crippen molar-refractivity contribution < 1.29 is 17.8 Å². The molecule has 2 N–H and O–H groups in total. The average Bonchev–Trinajstić information content (AvgIpc) is 3.03. The maximum Gasteiger partial charge on any atom is 0.294 e. The molecule has 1 aliphatic rings. The number of amides is 1. The first-order valence-electron chi connectivity index (χ1n) is 6.98. The number of carbonyl (C=O) groups excluding carboxylic acids is 1. The van der Waals surface area contributed by atoms with Crippen molar-refractivity contribution in [2.45, 2.75) is 11.8 Å². The Morgan fingerprint density at radius 2 is 2.00 bits per heavy atom. The molecule has 0 saturated carbocycles. The van der Waals surface area contributed by atoms with Crippen molar-refractivity contribution >= 4 is 28.1 Å². The molecule has 0 saturated heterocycles. The fourth-order valence-electron chi connectivity index (χ4n) is 2.00. The van der Waals surface area contributed by atoms with Crippen molar-refractivity contribution in [1.29, 1.82) is 0 Å². The molecule has 1 aromatic carbocycles. The molecule has 2 aromatic rings. The van der Waals surface area contributed by atoms with Crippen molar-refractivity contribution in [1.82, 2.24) is 4.98 Å². The van der Waals surface area contributed by atoms with Crippen LogP contribution in [0.1, 0.15) is 11.1 Å². The molecular formula is C16H17N3O4S. The number of hydrogen-bond donors (Lipinski definition) is 2. The third-order valence-corrected chi connectivity index (χ3v) is 4.11. The van der Waals surface area contributed by atoms with Gasteiger partial charge in [0, 0.05) is 18.0 Å². The van der Waals surface area contributed by atoms with Crippen molar-refractivity contribution in [3.05, 3.63) is 60.3 Å². The molecule has 0 unspecified atom stereocenters. The van der Waals surface area contributed by atoms with Gasteiger partial charge in [0.05, 0.1) is 4.90 Å². The smallest absolute Gasteiger partial charge is 0.294 e. The van der Waals surface area contributed by atoms with Crippen LogP contribution in [0, 0.1) is 6.92 Å². The van der Waals surface area contributed by atoms with Crippen LogP contribution in [0.15, 0.2) is 59.1 Å². The molecule has 1 aliphatic heterocycles. The van der Waals surface area contributed by atoms with Crippen molar-refractivity contribution in [3.8, 4) is 0 Å². The summed E-state index contributed by atoms with van der Waals surface area (Å²) in [7, 11) is -4.02. The summed E-state index contributed by atoms with van der Waals surface area (Å²) in [6, 6.07) is 7.86. The zero-order chi connectivity index (χ0) is 17.7. The lowest BCUT2D eigenvalue weighted by Crippen LogP contribution is -2.32. The summed E-state index contributed by atoms with van der Waals surface area (Å²) in [5.74, 6) is 0.653. The Morgan fingerprint density at radius 3 is 2.58 bits per heavy atom. The highest BCUT2D eigenvalue weighted by molar-refractivity contribution is 7.85. The predicted molar refractivity (Wildman–Crippen MR) is 91.9 cm³/mol. The van der Waals surface area contributed by atoms with Gasteiger partial charge < -0.3 is 4.98 Å². The maximum atomic E-state index is 11.3. The third kappa shape index (κ3) is 4.18. The highest BCUT2D eigenvalue weighted by atomic mass is 32.2.